The van der Waals surface area contributed by atoms with Crippen molar-refractivity contribution in [2.24, 2.45) is 0 Å². The molecule has 1 aromatic heterocycles. The number of carbonyl (C=O) groups excluding carboxylic acids is 2. The maximum atomic E-state index is 13.8. The van der Waals surface area contributed by atoms with E-state index in [1.165, 1.54) is 25.1 Å². The Morgan fingerprint density at radius 2 is 1.73 bits per heavy atom. The Bertz CT molecular complexity index is 1360. The summed E-state index contributed by atoms with van der Waals surface area (Å²) in [5.74, 6) is -3.64. The topological polar surface area (TPSA) is 104 Å². The highest BCUT2D eigenvalue weighted by Gasteiger charge is 2.40. The Kier molecular flexibility index (Phi) is 7.85. The second-order valence-electron chi connectivity index (χ2n) is 9.10. The molecule has 1 amide bonds. The van der Waals surface area contributed by atoms with E-state index in [0.29, 0.717) is 5.56 Å². The van der Waals surface area contributed by atoms with Crippen LogP contribution in [0, 0.1) is 0 Å². The zero-order valence-electron chi connectivity index (χ0n) is 20.8. The molecular formula is C26H26F3NO7. The molecule has 0 bridgehead atoms. The van der Waals surface area contributed by atoms with Gasteiger partial charge in [0, 0.05) is 6.07 Å². The van der Waals surface area contributed by atoms with Crippen LogP contribution < -0.4 is 20.2 Å². The number of hydrogen-bond donors (Lipinski definition) is 1. The van der Waals surface area contributed by atoms with E-state index < -0.39 is 52.4 Å². The van der Waals surface area contributed by atoms with E-state index >= 15 is 0 Å². The number of halogens is 3. The average Bonchev–Trinajstić information content (AvgIpc) is 2.79. The fourth-order valence-electron chi connectivity index (χ4n) is 3.25. The minimum atomic E-state index is -5.05. The molecule has 0 aliphatic heterocycles. The summed E-state index contributed by atoms with van der Waals surface area (Å²) >= 11 is 0. The molecule has 0 radical (unpaired) electrons. The molecule has 11 heteroatoms. The van der Waals surface area contributed by atoms with Crippen molar-refractivity contribution in [1.29, 1.82) is 0 Å². The van der Waals surface area contributed by atoms with Crippen LogP contribution in [0.2, 0.25) is 0 Å². The van der Waals surface area contributed by atoms with Crippen molar-refractivity contribution in [3.05, 3.63) is 64.0 Å². The summed E-state index contributed by atoms with van der Waals surface area (Å²) in [5, 5.41) is 2.14. The molecular weight excluding hydrogens is 495 g/mol. The Hall–Kier alpha value is -4.02. The first-order valence-electron chi connectivity index (χ1n) is 11.3. The van der Waals surface area contributed by atoms with Gasteiger partial charge in [-0.05, 0) is 57.9 Å². The predicted molar refractivity (Wildman–Crippen MR) is 128 cm³/mol. The van der Waals surface area contributed by atoms with Crippen molar-refractivity contribution in [3.63, 3.8) is 0 Å². The third-order valence-electron chi connectivity index (χ3n) is 4.93. The summed E-state index contributed by atoms with van der Waals surface area (Å²) in [4.78, 5) is 37.6. The molecule has 3 rings (SSSR count). The van der Waals surface area contributed by atoms with Gasteiger partial charge in [-0.25, -0.2) is 9.59 Å². The van der Waals surface area contributed by atoms with Gasteiger partial charge < -0.3 is 23.9 Å². The highest BCUT2D eigenvalue weighted by molar-refractivity contribution is 5.85. The lowest BCUT2D eigenvalue weighted by molar-refractivity contribution is -0.154. The van der Waals surface area contributed by atoms with Gasteiger partial charge in [-0.3, -0.25) is 4.79 Å². The van der Waals surface area contributed by atoms with Gasteiger partial charge in [0.2, 0.25) is 11.2 Å². The molecule has 1 N–H and O–H groups in total. The minimum absolute atomic E-state index is 0.0207. The van der Waals surface area contributed by atoms with Crippen LogP contribution >= 0.6 is 0 Å². The number of esters is 1. The van der Waals surface area contributed by atoms with Crippen LogP contribution in [0.1, 0.15) is 45.9 Å². The van der Waals surface area contributed by atoms with E-state index in [9.17, 15) is 27.6 Å². The smallest absolute Gasteiger partial charge is 0.449 e. The van der Waals surface area contributed by atoms with Crippen LogP contribution in [0.25, 0.3) is 11.0 Å². The number of benzene rings is 2. The van der Waals surface area contributed by atoms with Gasteiger partial charge >= 0.3 is 18.2 Å². The second-order valence-corrected chi connectivity index (χ2v) is 9.10. The minimum Gasteiger partial charge on any atom is -0.449 e. The van der Waals surface area contributed by atoms with E-state index in [0.717, 1.165) is 6.07 Å². The number of amides is 1. The number of alkyl carbamates (subject to hydrolysis) is 1. The van der Waals surface area contributed by atoms with Gasteiger partial charge in [0.05, 0.1) is 5.39 Å². The number of carbonyl (C=O) groups is 2. The molecule has 2 aromatic carbocycles. The number of ether oxygens (including phenoxy) is 3. The largest absolute Gasteiger partial charge is 0.453 e. The van der Waals surface area contributed by atoms with Crippen molar-refractivity contribution in [3.8, 4) is 17.2 Å². The lowest BCUT2D eigenvalue weighted by Gasteiger charge is -2.21. The zero-order valence-corrected chi connectivity index (χ0v) is 20.8. The second kappa shape index (κ2) is 10.5. The standard InChI is InChI=1S/C26H26F3NO7/c1-6-15-12-17-19(13-18(15)36-23(32)14(2)30-24(33)37-25(3,4)5)35-22(26(27,28)29)21(20(17)31)34-16-10-8-7-9-11-16/h7-14H,6H2,1-5H3,(H,30,33). The number of fused-ring (bicyclic) bond motifs is 1. The molecule has 1 unspecified atom stereocenters. The van der Waals surface area contributed by atoms with E-state index in [2.05, 4.69) is 5.32 Å². The van der Waals surface area contributed by atoms with Crippen LogP contribution in [0.5, 0.6) is 17.2 Å². The number of hydrogen-bond acceptors (Lipinski definition) is 7. The Labute approximate surface area is 210 Å². The van der Waals surface area contributed by atoms with E-state index in [-0.39, 0.29) is 23.3 Å². The molecule has 1 atom stereocenters. The first kappa shape index (κ1) is 27.6. The number of alkyl halides is 3. The molecule has 0 aliphatic carbocycles. The maximum Gasteiger partial charge on any atom is 0.453 e. The lowest BCUT2D eigenvalue weighted by Crippen LogP contribution is -2.43. The van der Waals surface area contributed by atoms with Gasteiger partial charge in [-0.1, -0.05) is 25.1 Å². The number of para-hydroxylation sites is 1. The van der Waals surface area contributed by atoms with E-state index in [1.54, 1.807) is 45.9 Å². The van der Waals surface area contributed by atoms with Crippen molar-refractivity contribution in [2.75, 3.05) is 0 Å². The normalized spacial score (nSPS) is 12.6. The Morgan fingerprint density at radius 1 is 1.08 bits per heavy atom. The monoisotopic (exact) mass is 521 g/mol. The number of aryl methyl sites for hydroxylation is 1. The Morgan fingerprint density at radius 3 is 2.30 bits per heavy atom. The fraction of sp³-hybridized carbons (Fsp3) is 0.346. The maximum absolute atomic E-state index is 13.8. The quantitative estimate of drug-likeness (QED) is 0.314. The number of rotatable bonds is 6. The summed E-state index contributed by atoms with van der Waals surface area (Å²) in [5.41, 5.74) is -1.93. The molecule has 0 fully saturated rings. The Balaban J connectivity index is 2.00. The summed E-state index contributed by atoms with van der Waals surface area (Å²) < 4.78 is 62.2. The van der Waals surface area contributed by atoms with Crippen molar-refractivity contribution < 1.29 is 41.4 Å². The first-order chi connectivity index (χ1) is 17.2. The summed E-state index contributed by atoms with van der Waals surface area (Å²) in [6.07, 6.45) is -5.64. The summed E-state index contributed by atoms with van der Waals surface area (Å²) in [6, 6.07) is 8.70. The molecule has 198 valence electrons. The molecule has 0 aliphatic rings. The molecule has 37 heavy (non-hydrogen) atoms. The lowest BCUT2D eigenvalue weighted by atomic mass is 10.1. The van der Waals surface area contributed by atoms with Crippen molar-refractivity contribution >= 4 is 23.0 Å². The van der Waals surface area contributed by atoms with Gasteiger partial charge in [-0.15, -0.1) is 0 Å². The van der Waals surface area contributed by atoms with Gasteiger partial charge in [0.25, 0.3) is 5.76 Å². The third-order valence-corrected chi connectivity index (χ3v) is 4.93. The van der Waals surface area contributed by atoms with E-state index in [4.69, 9.17) is 18.6 Å². The van der Waals surface area contributed by atoms with Crippen LogP contribution in [-0.2, 0) is 22.1 Å². The van der Waals surface area contributed by atoms with Crippen LogP contribution in [0.4, 0.5) is 18.0 Å². The fourth-order valence-corrected chi connectivity index (χ4v) is 3.25. The van der Waals surface area contributed by atoms with Crippen LogP contribution in [0.3, 0.4) is 0 Å². The van der Waals surface area contributed by atoms with E-state index in [1.807, 2.05) is 0 Å². The molecule has 0 saturated carbocycles. The zero-order chi connectivity index (χ0) is 27.5. The summed E-state index contributed by atoms with van der Waals surface area (Å²) in [7, 11) is 0. The molecule has 1 heterocycles. The van der Waals surface area contributed by atoms with Gasteiger partial charge in [0.15, 0.2) is 0 Å². The molecule has 0 saturated heterocycles. The summed E-state index contributed by atoms with van der Waals surface area (Å²) in [6.45, 7) is 8.01. The molecule has 0 spiro atoms. The highest BCUT2D eigenvalue weighted by atomic mass is 19.4. The average molecular weight is 521 g/mol. The molecule has 8 nitrogen and oxygen atoms in total. The SMILES string of the molecule is CCc1cc2c(=O)c(Oc3ccccc3)c(C(F)(F)F)oc2cc1OC(=O)C(C)NC(=O)OC(C)(C)C. The molecule has 3 aromatic rings. The highest BCUT2D eigenvalue weighted by Crippen LogP contribution is 2.39. The van der Waals surface area contributed by atoms with Crippen LogP contribution in [0.15, 0.2) is 51.7 Å². The van der Waals surface area contributed by atoms with Gasteiger partial charge in [-0.2, -0.15) is 13.2 Å². The van der Waals surface area contributed by atoms with Crippen LogP contribution in [-0.4, -0.2) is 23.7 Å². The van der Waals surface area contributed by atoms with Crippen molar-refractivity contribution in [1.82, 2.24) is 5.32 Å². The van der Waals surface area contributed by atoms with Gasteiger partial charge in [0.1, 0.15) is 28.7 Å². The first-order valence-corrected chi connectivity index (χ1v) is 11.3. The van der Waals surface area contributed by atoms with Crippen molar-refractivity contribution in [2.45, 2.75) is 58.9 Å². The number of nitrogens with one attached hydrogen (secondary N) is 1. The third kappa shape index (κ3) is 6.81. The predicted octanol–water partition coefficient (Wildman–Crippen LogP) is 5.99.